The first kappa shape index (κ1) is 25.2. The van der Waals surface area contributed by atoms with E-state index >= 15 is 0 Å². The van der Waals surface area contributed by atoms with Crippen molar-refractivity contribution >= 4 is 18.0 Å². The number of nitrogens with two attached hydrogens (primary N) is 1. The van der Waals surface area contributed by atoms with E-state index in [1.807, 2.05) is 48.5 Å². The van der Waals surface area contributed by atoms with Crippen molar-refractivity contribution in [2.45, 2.75) is 57.1 Å². The normalized spacial score (nSPS) is 14.5. The molecule has 2 aromatic rings. The number of carbonyl (C=O) groups is 3. The maximum atomic E-state index is 12.8. The number of fused-ring (bicyclic) bond motifs is 3. The van der Waals surface area contributed by atoms with E-state index in [4.69, 9.17) is 15.2 Å². The number of aliphatic carboxylic acids is 1. The molecule has 0 radical (unpaired) electrons. The molecule has 0 heterocycles. The zero-order valence-electron chi connectivity index (χ0n) is 19.8. The van der Waals surface area contributed by atoms with Crippen molar-refractivity contribution in [1.82, 2.24) is 5.32 Å². The number of ether oxygens (including phenoxy) is 2. The first-order chi connectivity index (χ1) is 16.0. The number of nitrogens with one attached hydrogen (secondary N) is 1. The molecule has 0 aliphatic heterocycles. The molecule has 0 bridgehead atoms. The van der Waals surface area contributed by atoms with Crippen molar-refractivity contribution in [3.05, 3.63) is 59.7 Å². The molecule has 1 amide bonds. The Balaban J connectivity index is 1.57. The Hall–Kier alpha value is -3.39. The number of amides is 1. The van der Waals surface area contributed by atoms with E-state index in [-0.39, 0.29) is 25.5 Å². The van der Waals surface area contributed by atoms with Crippen molar-refractivity contribution in [2.75, 3.05) is 13.2 Å². The molecular formula is C26H32N2O6. The first-order valence-corrected chi connectivity index (χ1v) is 11.4. The fourth-order valence-corrected chi connectivity index (χ4v) is 4.06. The van der Waals surface area contributed by atoms with Gasteiger partial charge in [0.1, 0.15) is 12.2 Å². The molecule has 0 unspecified atom stereocenters. The van der Waals surface area contributed by atoms with E-state index in [1.54, 1.807) is 20.8 Å². The summed E-state index contributed by atoms with van der Waals surface area (Å²) in [5.41, 5.74) is 7.44. The summed E-state index contributed by atoms with van der Waals surface area (Å²) in [6.45, 7) is 5.55. The number of hydrogen-bond donors (Lipinski definition) is 3. The highest BCUT2D eigenvalue weighted by Crippen LogP contribution is 2.44. The van der Waals surface area contributed by atoms with E-state index in [0.29, 0.717) is 12.8 Å². The summed E-state index contributed by atoms with van der Waals surface area (Å²) in [6.07, 6.45) is 0.0706. The fourth-order valence-electron chi connectivity index (χ4n) is 4.06. The molecule has 8 nitrogen and oxygen atoms in total. The smallest absolute Gasteiger partial charge is 0.407 e. The lowest BCUT2D eigenvalue weighted by atomic mass is 9.93. The molecule has 2 aromatic carbocycles. The minimum absolute atomic E-state index is 0.000705. The van der Waals surface area contributed by atoms with Gasteiger partial charge in [-0.3, -0.25) is 0 Å². The minimum atomic E-state index is -2.16. The van der Waals surface area contributed by atoms with Crippen molar-refractivity contribution < 1.29 is 29.0 Å². The molecule has 0 aromatic heterocycles. The minimum Gasteiger partial charge on any atom is -0.479 e. The van der Waals surface area contributed by atoms with Crippen LogP contribution in [0.1, 0.15) is 57.1 Å². The van der Waals surface area contributed by atoms with Gasteiger partial charge in [0.2, 0.25) is 5.54 Å². The van der Waals surface area contributed by atoms with Crippen LogP contribution in [0.5, 0.6) is 0 Å². The standard InChI is InChI=1S/C26H32N2O6/c1-25(2,3)34-24(32)28-15-9-8-14-26(27,22(29)30)23(31)33-16-21-19-12-6-4-10-17(19)18-11-5-7-13-20(18)21/h4-7,10-13,21H,8-9,14-16,27H2,1-3H3,(H,28,32)(H,29,30)/t26-/m0/s1. The van der Waals surface area contributed by atoms with E-state index in [2.05, 4.69) is 5.32 Å². The molecule has 182 valence electrons. The number of unbranched alkanes of at least 4 members (excludes halogenated alkanes) is 1. The molecule has 8 heteroatoms. The Labute approximate surface area is 199 Å². The number of carboxylic acid groups (broad SMARTS) is 1. The van der Waals surface area contributed by atoms with Gasteiger partial charge < -0.3 is 25.6 Å². The SMILES string of the molecule is CC(C)(C)OC(=O)NCCCC[C@](N)(C(=O)O)C(=O)OCC1c2ccccc2-c2ccccc21. The van der Waals surface area contributed by atoms with Crippen molar-refractivity contribution in [3.63, 3.8) is 0 Å². The Kier molecular flexibility index (Phi) is 7.61. The van der Waals surface area contributed by atoms with Gasteiger partial charge in [-0.1, -0.05) is 48.5 Å². The molecule has 1 aliphatic rings. The summed E-state index contributed by atoms with van der Waals surface area (Å²) in [7, 11) is 0. The van der Waals surface area contributed by atoms with Crippen LogP contribution in [0.4, 0.5) is 4.79 Å². The number of alkyl carbamates (subject to hydrolysis) is 1. The third kappa shape index (κ3) is 5.75. The van der Waals surface area contributed by atoms with Gasteiger partial charge in [0.25, 0.3) is 0 Å². The van der Waals surface area contributed by atoms with Crippen LogP contribution in [0.2, 0.25) is 0 Å². The van der Waals surface area contributed by atoms with Crippen LogP contribution in [0.3, 0.4) is 0 Å². The topological polar surface area (TPSA) is 128 Å². The average Bonchev–Trinajstić information content (AvgIpc) is 3.09. The number of benzene rings is 2. The van der Waals surface area contributed by atoms with Gasteiger partial charge in [0.05, 0.1) is 0 Å². The van der Waals surface area contributed by atoms with Crippen LogP contribution in [0.15, 0.2) is 48.5 Å². The summed E-state index contributed by atoms with van der Waals surface area (Å²) in [5, 5.41) is 12.3. The largest absolute Gasteiger partial charge is 0.479 e. The van der Waals surface area contributed by atoms with E-state index in [1.165, 1.54) is 0 Å². The number of carboxylic acids is 1. The van der Waals surface area contributed by atoms with Crippen LogP contribution < -0.4 is 11.1 Å². The van der Waals surface area contributed by atoms with E-state index in [9.17, 15) is 19.5 Å². The molecule has 1 aliphatic carbocycles. The highest BCUT2D eigenvalue weighted by molar-refractivity contribution is 6.03. The van der Waals surface area contributed by atoms with Crippen molar-refractivity contribution in [1.29, 1.82) is 0 Å². The van der Waals surface area contributed by atoms with Crippen LogP contribution in [-0.2, 0) is 19.1 Å². The molecule has 0 spiro atoms. The van der Waals surface area contributed by atoms with Gasteiger partial charge in [0, 0.05) is 12.5 Å². The quantitative estimate of drug-likeness (QED) is 0.290. The maximum absolute atomic E-state index is 12.8. The molecule has 1 atom stereocenters. The summed E-state index contributed by atoms with van der Waals surface area (Å²) in [5.74, 6) is -2.60. The summed E-state index contributed by atoms with van der Waals surface area (Å²) in [4.78, 5) is 36.4. The molecule has 0 fully saturated rings. The highest BCUT2D eigenvalue weighted by Gasteiger charge is 2.44. The van der Waals surface area contributed by atoms with Gasteiger partial charge in [-0.2, -0.15) is 0 Å². The second-order valence-corrected chi connectivity index (χ2v) is 9.49. The van der Waals surface area contributed by atoms with Crippen LogP contribution in [0, 0.1) is 0 Å². The average molecular weight is 469 g/mol. The molecule has 3 rings (SSSR count). The molecular weight excluding hydrogens is 436 g/mol. The van der Waals surface area contributed by atoms with Gasteiger partial charge in [0.15, 0.2) is 0 Å². The lowest BCUT2D eigenvalue weighted by Gasteiger charge is -2.24. The monoisotopic (exact) mass is 468 g/mol. The van der Waals surface area contributed by atoms with Crippen molar-refractivity contribution in [3.8, 4) is 11.1 Å². The van der Waals surface area contributed by atoms with Gasteiger partial charge in [-0.05, 0) is 62.3 Å². The number of carbonyl (C=O) groups excluding carboxylic acids is 2. The van der Waals surface area contributed by atoms with Gasteiger partial charge >= 0.3 is 18.0 Å². The number of hydrogen-bond acceptors (Lipinski definition) is 6. The van der Waals surface area contributed by atoms with Crippen LogP contribution >= 0.6 is 0 Å². The van der Waals surface area contributed by atoms with E-state index in [0.717, 1.165) is 22.3 Å². The molecule has 0 saturated carbocycles. The highest BCUT2D eigenvalue weighted by atomic mass is 16.6. The Morgan fingerprint density at radius 2 is 1.53 bits per heavy atom. The summed E-state index contributed by atoms with van der Waals surface area (Å²) >= 11 is 0. The van der Waals surface area contributed by atoms with Gasteiger partial charge in [-0.25, -0.2) is 14.4 Å². The third-order valence-corrected chi connectivity index (χ3v) is 5.76. The second-order valence-electron chi connectivity index (χ2n) is 9.49. The molecule has 0 saturated heterocycles. The van der Waals surface area contributed by atoms with E-state index < -0.39 is 29.2 Å². The number of rotatable bonds is 9. The maximum Gasteiger partial charge on any atom is 0.407 e. The molecule has 34 heavy (non-hydrogen) atoms. The Morgan fingerprint density at radius 1 is 0.971 bits per heavy atom. The Bertz CT molecular complexity index is 1020. The molecule has 4 N–H and O–H groups in total. The first-order valence-electron chi connectivity index (χ1n) is 11.4. The lowest BCUT2D eigenvalue weighted by Crippen LogP contribution is -2.56. The van der Waals surface area contributed by atoms with Gasteiger partial charge in [-0.15, -0.1) is 0 Å². The second kappa shape index (κ2) is 10.3. The fraction of sp³-hybridized carbons (Fsp3) is 0.423. The lowest BCUT2D eigenvalue weighted by molar-refractivity contribution is -0.161. The van der Waals surface area contributed by atoms with Crippen LogP contribution in [0.25, 0.3) is 11.1 Å². The predicted octanol–water partition coefficient (Wildman–Crippen LogP) is 3.82. The third-order valence-electron chi connectivity index (χ3n) is 5.76. The number of esters is 1. The zero-order chi connectivity index (χ0) is 24.9. The summed E-state index contributed by atoms with van der Waals surface area (Å²) in [6, 6.07) is 15.8. The van der Waals surface area contributed by atoms with Crippen LogP contribution in [-0.4, -0.2) is 47.4 Å². The Morgan fingerprint density at radius 3 is 2.06 bits per heavy atom. The zero-order valence-corrected chi connectivity index (χ0v) is 19.8. The predicted molar refractivity (Wildman–Crippen MR) is 127 cm³/mol. The van der Waals surface area contributed by atoms with Crippen molar-refractivity contribution in [2.24, 2.45) is 5.73 Å². The summed E-state index contributed by atoms with van der Waals surface area (Å²) < 4.78 is 10.6.